The summed E-state index contributed by atoms with van der Waals surface area (Å²) in [5.41, 5.74) is 1.85. The van der Waals surface area contributed by atoms with Gasteiger partial charge in [-0.3, -0.25) is 9.79 Å². The Hall–Kier alpha value is -0.960. The number of hydrogen-bond donors (Lipinski definition) is 2. The Kier molecular flexibility index (Phi) is 11.3. The molecule has 1 heterocycles. The van der Waals surface area contributed by atoms with Gasteiger partial charge in [-0.05, 0) is 37.0 Å². The van der Waals surface area contributed by atoms with Crippen molar-refractivity contribution in [1.82, 2.24) is 15.5 Å². The number of hydrogen-bond acceptors (Lipinski definition) is 3. The maximum absolute atomic E-state index is 12.2. The lowest BCUT2D eigenvalue weighted by molar-refractivity contribution is 0.0939. The van der Waals surface area contributed by atoms with E-state index < -0.39 is 0 Å². The van der Waals surface area contributed by atoms with Crippen molar-refractivity contribution in [1.29, 1.82) is 0 Å². The molecule has 1 aromatic carbocycles. The maximum Gasteiger partial charge on any atom is 0.251 e. The first-order valence-corrected chi connectivity index (χ1v) is 11.0. The highest BCUT2D eigenvalue weighted by Crippen LogP contribution is 2.24. The number of aliphatic imine (C=N–C) groups is 1. The van der Waals surface area contributed by atoms with Gasteiger partial charge in [0.15, 0.2) is 5.96 Å². The first-order valence-electron chi connectivity index (χ1n) is 9.91. The molecular formula is C21H35IN4OS. The molecule has 1 aliphatic heterocycles. The van der Waals surface area contributed by atoms with Crippen LogP contribution in [0.2, 0.25) is 0 Å². The average Bonchev–Trinajstić information content (AvgIpc) is 2.69. The first kappa shape index (κ1) is 25.1. The normalized spacial score (nSPS) is 18.4. The van der Waals surface area contributed by atoms with Gasteiger partial charge in [0.1, 0.15) is 0 Å². The highest BCUT2D eigenvalue weighted by Gasteiger charge is 2.24. The van der Waals surface area contributed by atoms with Gasteiger partial charge in [-0.25, -0.2) is 0 Å². The predicted molar refractivity (Wildman–Crippen MR) is 132 cm³/mol. The van der Waals surface area contributed by atoms with Crippen LogP contribution in [0.3, 0.4) is 0 Å². The van der Waals surface area contributed by atoms with Crippen molar-refractivity contribution in [2.24, 2.45) is 10.9 Å². The molecular weight excluding hydrogens is 483 g/mol. The molecule has 5 nitrogen and oxygen atoms in total. The number of guanidine groups is 1. The molecule has 0 saturated carbocycles. The van der Waals surface area contributed by atoms with Crippen LogP contribution in [0.1, 0.15) is 50.0 Å². The van der Waals surface area contributed by atoms with Crippen molar-refractivity contribution in [3.05, 3.63) is 35.4 Å². The van der Waals surface area contributed by atoms with E-state index in [4.69, 9.17) is 0 Å². The molecule has 0 aliphatic carbocycles. The number of nitrogens with zero attached hydrogens (tertiary/aromatic N) is 2. The molecule has 158 valence electrons. The van der Waals surface area contributed by atoms with Crippen LogP contribution in [0.25, 0.3) is 0 Å². The molecule has 0 radical (unpaired) electrons. The Bertz CT molecular complexity index is 636. The number of carbonyl (C=O) groups excluding carboxylic acids is 1. The fraction of sp³-hybridized carbons (Fsp3) is 0.619. The highest BCUT2D eigenvalue weighted by atomic mass is 127. The van der Waals surface area contributed by atoms with Crippen molar-refractivity contribution in [2.75, 3.05) is 25.9 Å². The van der Waals surface area contributed by atoms with Crippen molar-refractivity contribution in [2.45, 2.75) is 52.0 Å². The fourth-order valence-corrected chi connectivity index (χ4v) is 4.27. The van der Waals surface area contributed by atoms with Crippen LogP contribution in [0.4, 0.5) is 0 Å². The molecule has 0 spiro atoms. The number of rotatable bonds is 6. The third kappa shape index (κ3) is 7.46. The summed E-state index contributed by atoms with van der Waals surface area (Å²) in [4.78, 5) is 19.0. The fourth-order valence-electron chi connectivity index (χ4n) is 2.97. The lowest BCUT2D eigenvalue weighted by Crippen LogP contribution is -2.48. The van der Waals surface area contributed by atoms with Crippen molar-refractivity contribution in [3.63, 3.8) is 0 Å². The third-order valence-corrected chi connectivity index (χ3v) is 6.54. The molecule has 1 saturated heterocycles. The minimum absolute atomic E-state index is 0. The maximum atomic E-state index is 12.2. The van der Waals surface area contributed by atoms with Gasteiger partial charge >= 0.3 is 0 Å². The van der Waals surface area contributed by atoms with Gasteiger partial charge < -0.3 is 15.5 Å². The van der Waals surface area contributed by atoms with E-state index in [0.717, 1.165) is 36.8 Å². The molecule has 7 heteroatoms. The predicted octanol–water partition coefficient (Wildman–Crippen LogP) is 3.98. The van der Waals surface area contributed by atoms with Crippen molar-refractivity contribution >= 4 is 47.6 Å². The Balaban J connectivity index is 0.00000392. The first-order chi connectivity index (χ1) is 12.9. The molecule has 0 aromatic heterocycles. The zero-order chi connectivity index (χ0) is 19.8. The summed E-state index contributed by atoms with van der Waals surface area (Å²) < 4.78 is 0. The van der Waals surface area contributed by atoms with E-state index in [2.05, 4.69) is 53.1 Å². The molecule has 1 amide bonds. The third-order valence-electron chi connectivity index (χ3n) is 5.00. The number of halogens is 1. The number of nitrogens with one attached hydrogen (secondary N) is 2. The number of thioether (sulfide) groups is 1. The van der Waals surface area contributed by atoms with E-state index in [-0.39, 0.29) is 35.9 Å². The van der Waals surface area contributed by atoms with Crippen LogP contribution in [0.5, 0.6) is 0 Å². The van der Waals surface area contributed by atoms with E-state index in [9.17, 15) is 4.79 Å². The van der Waals surface area contributed by atoms with Gasteiger partial charge in [0.2, 0.25) is 0 Å². The molecule has 2 N–H and O–H groups in total. The molecule has 1 aliphatic rings. The second-order valence-corrected chi connectivity index (χ2v) is 8.83. The zero-order valence-corrected chi connectivity index (χ0v) is 20.8. The van der Waals surface area contributed by atoms with E-state index >= 15 is 0 Å². The van der Waals surface area contributed by atoms with Crippen LogP contribution >= 0.6 is 35.7 Å². The molecule has 1 aromatic rings. The quantitative estimate of drug-likeness (QED) is 0.340. The summed E-state index contributed by atoms with van der Waals surface area (Å²) in [6.45, 7) is 11.4. The van der Waals surface area contributed by atoms with Gasteiger partial charge in [0, 0.05) is 49.3 Å². The molecule has 28 heavy (non-hydrogen) atoms. The molecule has 2 rings (SSSR count). The van der Waals surface area contributed by atoms with Crippen molar-refractivity contribution < 1.29 is 4.79 Å². The van der Waals surface area contributed by atoms with Gasteiger partial charge in [-0.2, -0.15) is 11.8 Å². The SMILES string of the molecule is CCC(C)NC(=O)c1ccc(CNC(=NC)N2CCSC(C(C)C)C2)cc1.I. The summed E-state index contributed by atoms with van der Waals surface area (Å²) in [6, 6.07) is 8.00. The molecule has 1 fully saturated rings. The van der Waals surface area contributed by atoms with E-state index in [0.29, 0.717) is 23.3 Å². The summed E-state index contributed by atoms with van der Waals surface area (Å²) in [5.74, 6) is 2.76. The Morgan fingerprint density at radius 3 is 2.54 bits per heavy atom. The molecule has 2 atom stereocenters. The monoisotopic (exact) mass is 518 g/mol. The van der Waals surface area contributed by atoms with E-state index in [1.54, 1.807) is 0 Å². The Morgan fingerprint density at radius 2 is 1.96 bits per heavy atom. The average molecular weight is 519 g/mol. The minimum atomic E-state index is -0.00906. The van der Waals surface area contributed by atoms with Crippen LogP contribution < -0.4 is 10.6 Å². The Labute approximate surface area is 191 Å². The summed E-state index contributed by atoms with van der Waals surface area (Å²) >= 11 is 2.07. The summed E-state index contributed by atoms with van der Waals surface area (Å²) in [7, 11) is 1.84. The molecule has 0 bridgehead atoms. The zero-order valence-electron chi connectivity index (χ0n) is 17.7. The molecule has 2 unspecified atom stereocenters. The topological polar surface area (TPSA) is 56.7 Å². The summed E-state index contributed by atoms with van der Waals surface area (Å²) in [5, 5.41) is 7.12. The minimum Gasteiger partial charge on any atom is -0.352 e. The highest BCUT2D eigenvalue weighted by molar-refractivity contribution is 14.0. The van der Waals surface area contributed by atoms with Crippen LogP contribution in [0.15, 0.2) is 29.3 Å². The van der Waals surface area contributed by atoms with Crippen LogP contribution in [-0.2, 0) is 6.54 Å². The Morgan fingerprint density at radius 1 is 1.29 bits per heavy atom. The van der Waals surface area contributed by atoms with Crippen LogP contribution in [-0.4, -0.2) is 53.9 Å². The van der Waals surface area contributed by atoms with Gasteiger partial charge in [0.05, 0.1) is 0 Å². The smallest absolute Gasteiger partial charge is 0.251 e. The van der Waals surface area contributed by atoms with Crippen LogP contribution in [0, 0.1) is 5.92 Å². The second kappa shape index (κ2) is 12.6. The van der Waals surface area contributed by atoms with Crippen molar-refractivity contribution in [3.8, 4) is 0 Å². The number of carbonyl (C=O) groups is 1. The van der Waals surface area contributed by atoms with Gasteiger partial charge in [-0.1, -0.05) is 32.9 Å². The number of benzene rings is 1. The standard InChI is InChI=1S/C21H34N4OS.HI/c1-6-16(4)24-20(26)18-9-7-17(8-10-18)13-23-21(22-5)25-11-12-27-19(14-25)15(2)3;/h7-10,15-16,19H,6,11-14H2,1-5H3,(H,22,23)(H,24,26);1H. The second-order valence-electron chi connectivity index (χ2n) is 7.48. The lowest BCUT2D eigenvalue weighted by atomic mass is 10.1. The van der Waals surface area contributed by atoms with E-state index in [1.165, 1.54) is 0 Å². The summed E-state index contributed by atoms with van der Waals surface area (Å²) in [6.07, 6.45) is 0.930. The van der Waals surface area contributed by atoms with Gasteiger partial charge in [0.25, 0.3) is 5.91 Å². The largest absolute Gasteiger partial charge is 0.352 e. The lowest BCUT2D eigenvalue weighted by Gasteiger charge is -2.36. The number of amides is 1. The van der Waals surface area contributed by atoms with Gasteiger partial charge in [-0.15, -0.1) is 24.0 Å². The van der Waals surface area contributed by atoms with E-state index in [1.807, 2.05) is 38.2 Å².